The predicted molar refractivity (Wildman–Crippen MR) is 86.1 cm³/mol. The second-order valence-electron chi connectivity index (χ2n) is 6.16. The van der Waals surface area contributed by atoms with Crippen molar-refractivity contribution in [1.29, 1.82) is 0 Å². The zero-order valence-electron chi connectivity index (χ0n) is 13.6. The third-order valence-corrected chi connectivity index (χ3v) is 5.52. The predicted octanol–water partition coefficient (Wildman–Crippen LogP) is 3.43. The highest BCUT2D eigenvalue weighted by atomic mass is 32.2. The minimum Gasteiger partial charge on any atom is -0.356 e. The summed E-state index contributed by atoms with van der Waals surface area (Å²) in [6.45, 7) is 9.28. The van der Waals surface area contributed by atoms with Gasteiger partial charge in [0.15, 0.2) is 5.76 Å². The van der Waals surface area contributed by atoms with Gasteiger partial charge in [-0.2, -0.15) is 0 Å². The number of rotatable bonds is 5. The van der Waals surface area contributed by atoms with Crippen molar-refractivity contribution in [3.8, 4) is 11.3 Å². The van der Waals surface area contributed by atoms with Crippen LogP contribution >= 0.6 is 0 Å². The molecule has 0 bridgehead atoms. The molecule has 1 N–H and O–H groups in total. The quantitative estimate of drug-likeness (QED) is 0.915. The van der Waals surface area contributed by atoms with Crippen LogP contribution in [-0.4, -0.2) is 19.1 Å². The van der Waals surface area contributed by atoms with E-state index in [0.717, 1.165) is 5.69 Å². The molecule has 2 rings (SSSR count). The minimum atomic E-state index is -3.60. The second kappa shape index (κ2) is 5.85. The molecule has 1 aromatic heterocycles. The van der Waals surface area contributed by atoms with Crippen molar-refractivity contribution in [3.63, 3.8) is 0 Å². The van der Waals surface area contributed by atoms with Crippen molar-refractivity contribution in [2.75, 3.05) is 0 Å². The number of nitrogens with one attached hydrogen (secondary N) is 1. The first-order valence-corrected chi connectivity index (χ1v) is 8.71. The van der Waals surface area contributed by atoms with Gasteiger partial charge in [0.1, 0.15) is 0 Å². The molecule has 120 valence electrons. The van der Waals surface area contributed by atoms with Gasteiger partial charge in [-0.3, -0.25) is 0 Å². The number of nitrogens with zero attached hydrogens (tertiary/aromatic N) is 1. The molecule has 1 aromatic carbocycles. The molecule has 2 aromatic rings. The Labute approximate surface area is 131 Å². The van der Waals surface area contributed by atoms with E-state index in [1.54, 1.807) is 25.1 Å². The van der Waals surface area contributed by atoms with Gasteiger partial charge >= 0.3 is 0 Å². The Bertz CT molecular complexity index is 776. The van der Waals surface area contributed by atoms with E-state index in [0.29, 0.717) is 23.3 Å². The number of hydrogen-bond donors (Lipinski definition) is 1. The van der Waals surface area contributed by atoms with Gasteiger partial charge in [0, 0.05) is 17.2 Å². The van der Waals surface area contributed by atoms with Crippen molar-refractivity contribution >= 4 is 10.0 Å². The number of aryl methyl sites for hydroxylation is 2. The molecule has 0 aliphatic carbocycles. The third kappa shape index (κ3) is 3.56. The summed E-state index contributed by atoms with van der Waals surface area (Å²) in [5.41, 5.74) is 1.65. The highest BCUT2D eigenvalue weighted by molar-refractivity contribution is 7.89. The van der Waals surface area contributed by atoms with Crippen LogP contribution in [0.15, 0.2) is 33.7 Å². The van der Waals surface area contributed by atoms with Crippen LogP contribution in [0.2, 0.25) is 0 Å². The summed E-state index contributed by atoms with van der Waals surface area (Å²) in [7, 11) is -3.60. The first-order valence-electron chi connectivity index (χ1n) is 7.23. The van der Waals surface area contributed by atoms with Crippen LogP contribution in [0.1, 0.15) is 38.4 Å². The Hall–Kier alpha value is -1.66. The average molecular weight is 322 g/mol. The summed E-state index contributed by atoms with van der Waals surface area (Å²) in [5.74, 6) is 0.559. The molecule has 0 fully saturated rings. The number of sulfonamides is 1. The van der Waals surface area contributed by atoms with Gasteiger partial charge < -0.3 is 4.52 Å². The van der Waals surface area contributed by atoms with Crippen LogP contribution in [-0.2, 0) is 10.0 Å². The first kappa shape index (κ1) is 16.7. The van der Waals surface area contributed by atoms with E-state index in [1.165, 1.54) is 0 Å². The van der Waals surface area contributed by atoms with Gasteiger partial charge in [0.05, 0.1) is 10.6 Å². The summed E-state index contributed by atoms with van der Waals surface area (Å²) >= 11 is 0. The third-order valence-electron chi connectivity index (χ3n) is 3.68. The molecule has 0 aliphatic heterocycles. The number of benzene rings is 1. The van der Waals surface area contributed by atoms with Crippen LogP contribution in [0.25, 0.3) is 11.3 Å². The monoisotopic (exact) mass is 322 g/mol. The zero-order valence-corrected chi connectivity index (χ0v) is 14.4. The fourth-order valence-electron chi connectivity index (χ4n) is 2.03. The Morgan fingerprint density at radius 3 is 2.45 bits per heavy atom. The summed E-state index contributed by atoms with van der Waals surface area (Å²) in [6.07, 6.45) is 0.701. The minimum absolute atomic E-state index is 0.264. The Kier molecular flexibility index (Phi) is 4.44. The lowest BCUT2D eigenvalue weighted by molar-refractivity contribution is 0.427. The fraction of sp³-hybridized carbons (Fsp3) is 0.438. The maximum Gasteiger partial charge on any atom is 0.241 e. The van der Waals surface area contributed by atoms with E-state index in [1.807, 2.05) is 33.8 Å². The fourth-order valence-corrected chi connectivity index (χ4v) is 3.79. The largest absolute Gasteiger partial charge is 0.356 e. The maximum atomic E-state index is 12.7. The smallest absolute Gasteiger partial charge is 0.241 e. The lowest BCUT2D eigenvalue weighted by Gasteiger charge is -2.24. The van der Waals surface area contributed by atoms with Crippen LogP contribution in [0.5, 0.6) is 0 Å². The standard InChI is InChI=1S/C16H22N2O3S/c1-6-16(4,5)18-22(19,20)15-10-13(8-7-11(15)2)14-9-12(3)17-21-14/h7-10,18H,6H2,1-5H3. The lowest BCUT2D eigenvalue weighted by Crippen LogP contribution is -2.42. The van der Waals surface area contributed by atoms with Gasteiger partial charge in [-0.05, 0) is 45.7 Å². The van der Waals surface area contributed by atoms with E-state index < -0.39 is 15.6 Å². The molecule has 0 saturated heterocycles. The molecular weight excluding hydrogens is 300 g/mol. The van der Waals surface area contributed by atoms with Crippen LogP contribution < -0.4 is 4.72 Å². The molecule has 5 nitrogen and oxygen atoms in total. The van der Waals surface area contributed by atoms with Crippen molar-refractivity contribution in [2.24, 2.45) is 0 Å². The van der Waals surface area contributed by atoms with Crippen LogP contribution in [0.3, 0.4) is 0 Å². The van der Waals surface area contributed by atoms with Gasteiger partial charge in [-0.1, -0.05) is 24.2 Å². The summed E-state index contributed by atoms with van der Waals surface area (Å²) in [4.78, 5) is 0.264. The van der Waals surface area contributed by atoms with Crippen LogP contribution in [0.4, 0.5) is 0 Å². The summed E-state index contributed by atoms with van der Waals surface area (Å²) < 4.78 is 33.3. The summed E-state index contributed by atoms with van der Waals surface area (Å²) in [6, 6.07) is 7.02. The van der Waals surface area contributed by atoms with Crippen LogP contribution in [0, 0.1) is 13.8 Å². The number of aromatic nitrogens is 1. The Balaban J connectivity index is 2.47. The van der Waals surface area contributed by atoms with Crippen molar-refractivity contribution in [1.82, 2.24) is 9.88 Å². The molecule has 0 amide bonds. The van der Waals surface area contributed by atoms with Crippen molar-refractivity contribution < 1.29 is 12.9 Å². The SMILES string of the molecule is CCC(C)(C)NS(=O)(=O)c1cc(-c2cc(C)no2)ccc1C. The van der Waals surface area contributed by atoms with Gasteiger partial charge in [0.2, 0.25) is 10.0 Å². The Morgan fingerprint density at radius 1 is 1.23 bits per heavy atom. The van der Waals surface area contributed by atoms with E-state index >= 15 is 0 Å². The first-order chi connectivity index (χ1) is 10.1. The molecule has 0 aliphatic rings. The summed E-state index contributed by atoms with van der Waals surface area (Å²) in [5, 5.41) is 3.84. The van der Waals surface area contributed by atoms with E-state index in [4.69, 9.17) is 4.52 Å². The number of hydrogen-bond acceptors (Lipinski definition) is 4. The molecule has 0 radical (unpaired) electrons. The van der Waals surface area contributed by atoms with Crippen molar-refractivity contribution in [3.05, 3.63) is 35.5 Å². The van der Waals surface area contributed by atoms with E-state index in [-0.39, 0.29) is 4.90 Å². The highest BCUT2D eigenvalue weighted by Crippen LogP contribution is 2.26. The van der Waals surface area contributed by atoms with Gasteiger partial charge in [0.25, 0.3) is 0 Å². The molecule has 22 heavy (non-hydrogen) atoms. The zero-order chi connectivity index (χ0) is 16.5. The molecule has 0 spiro atoms. The van der Waals surface area contributed by atoms with Gasteiger partial charge in [-0.15, -0.1) is 0 Å². The van der Waals surface area contributed by atoms with E-state index in [2.05, 4.69) is 9.88 Å². The molecule has 6 heteroatoms. The van der Waals surface area contributed by atoms with E-state index in [9.17, 15) is 8.42 Å². The van der Waals surface area contributed by atoms with Crippen molar-refractivity contribution in [2.45, 2.75) is 51.5 Å². The molecule has 0 unspecified atom stereocenters. The molecule has 0 saturated carbocycles. The second-order valence-corrected chi connectivity index (χ2v) is 7.81. The average Bonchev–Trinajstić information content (AvgIpc) is 2.84. The molecular formula is C16H22N2O3S. The highest BCUT2D eigenvalue weighted by Gasteiger charge is 2.26. The molecule has 1 heterocycles. The lowest BCUT2D eigenvalue weighted by atomic mass is 10.0. The maximum absolute atomic E-state index is 12.7. The molecule has 0 atom stereocenters. The topological polar surface area (TPSA) is 72.2 Å². The van der Waals surface area contributed by atoms with Gasteiger partial charge in [-0.25, -0.2) is 13.1 Å². The Morgan fingerprint density at radius 2 is 1.91 bits per heavy atom. The normalized spacial score (nSPS) is 12.6.